The second-order valence-corrected chi connectivity index (χ2v) is 17.8. The van der Waals surface area contributed by atoms with Crippen molar-refractivity contribution in [1.29, 1.82) is 0 Å². The molecule has 9 aromatic rings. The van der Waals surface area contributed by atoms with Crippen molar-refractivity contribution >= 4 is 49.3 Å². The van der Waals surface area contributed by atoms with Gasteiger partial charge >= 0.3 is 0 Å². The minimum absolute atomic E-state index is 0.0116. The van der Waals surface area contributed by atoms with Crippen molar-refractivity contribution in [2.75, 3.05) is 4.90 Å². The fraction of sp³-hybridized carbons (Fsp3) is 0.0893. The number of hydrogen-bond donors (Lipinski definition) is 0. The molecule has 3 aliphatic rings. The number of rotatable bonds is 5. The van der Waals surface area contributed by atoms with Crippen molar-refractivity contribution < 1.29 is 0 Å². The second kappa shape index (κ2) is 13.1. The van der Waals surface area contributed by atoms with Crippen LogP contribution in [0.2, 0.25) is 0 Å². The van der Waals surface area contributed by atoms with Gasteiger partial charge in [-0.05, 0) is 121 Å². The van der Waals surface area contributed by atoms with Crippen molar-refractivity contribution in [3.05, 3.63) is 216 Å². The molecule has 0 spiro atoms. The lowest BCUT2D eigenvalue weighted by Gasteiger charge is -2.27. The molecule has 2 aliphatic carbocycles. The predicted molar refractivity (Wildman–Crippen MR) is 249 cm³/mol. The van der Waals surface area contributed by atoms with Crippen LogP contribution in [-0.4, -0.2) is 4.98 Å². The Labute approximate surface area is 349 Å². The van der Waals surface area contributed by atoms with Crippen LogP contribution in [0.25, 0.3) is 70.5 Å². The molecule has 280 valence electrons. The van der Waals surface area contributed by atoms with E-state index in [1.54, 1.807) is 11.3 Å². The van der Waals surface area contributed by atoms with E-state index in [0.717, 1.165) is 22.5 Å². The largest absolute Gasteiger partial charge is 0.313 e. The minimum Gasteiger partial charge on any atom is -0.313 e. The summed E-state index contributed by atoms with van der Waals surface area (Å²) in [5, 5.41) is 3.56. The molecule has 0 saturated carbocycles. The topological polar surface area (TPSA) is 16.1 Å². The third-order valence-electron chi connectivity index (χ3n) is 13.0. The van der Waals surface area contributed by atoms with E-state index in [4.69, 9.17) is 4.98 Å². The molecular weight excluding hydrogens is 733 g/mol. The zero-order chi connectivity index (χ0) is 39.2. The van der Waals surface area contributed by atoms with Crippen molar-refractivity contribution in [1.82, 2.24) is 4.98 Å². The minimum atomic E-state index is 0.0116. The molecule has 1 atom stereocenters. The highest BCUT2D eigenvalue weighted by Gasteiger charge is 2.37. The number of benzene rings is 8. The maximum atomic E-state index is 4.91. The summed E-state index contributed by atoms with van der Waals surface area (Å²) in [6.07, 6.45) is 5.81. The summed E-state index contributed by atoms with van der Waals surface area (Å²) >= 11 is 1.75. The smallest absolute Gasteiger partial charge is 0.124 e. The second-order valence-electron chi connectivity index (χ2n) is 16.7. The first-order valence-corrected chi connectivity index (χ1v) is 21.4. The summed E-state index contributed by atoms with van der Waals surface area (Å²) in [5.41, 5.74) is 20.4. The Morgan fingerprint density at radius 3 is 2.05 bits per heavy atom. The van der Waals surface area contributed by atoms with Crippen molar-refractivity contribution in [2.24, 2.45) is 0 Å². The first-order valence-electron chi connectivity index (χ1n) is 20.6. The first kappa shape index (κ1) is 34.3. The first-order chi connectivity index (χ1) is 29.0. The molecule has 3 heteroatoms. The molecule has 2 heterocycles. The SMILES string of the molecule is CC1(C)c2ccccc2-c2cc(-c3ccc(-c4ccc5c(c4)N(c4ccc6ccccc6c4)C4=CC(c6ccc(-c7nc8ccccc8s7)cc6)=CCC45)cc3)ccc21. The third-order valence-corrected chi connectivity index (χ3v) is 14.1. The number of fused-ring (bicyclic) bond motifs is 8. The van der Waals surface area contributed by atoms with E-state index in [1.807, 2.05) is 0 Å². The van der Waals surface area contributed by atoms with E-state index in [2.05, 4.69) is 207 Å². The van der Waals surface area contributed by atoms with E-state index in [-0.39, 0.29) is 11.3 Å². The normalized spacial score (nSPS) is 16.0. The number of hydrogen-bond acceptors (Lipinski definition) is 3. The van der Waals surface area contributed by atoms with Crippen LogP contribution in [-0.2, 0) is 5.41 Å². The summed E-state index contributed by atoms with van der Waals surface area (Å²) < 4.78 is 1.22. The fourth-order valence-electron chi connectivity index (χ4n) is 9.90. The highest BCUT2D eigenvalue weighted by molar-refractivity contribution is 7.21. The number of thiazole rings is 1. The molecule has 12 rings (SSSR count). The number of para-hydroxylation sites is 1. The lowest BCUT2D eigenvalue weighted by Crippen LogP contribution is -2.15. The van der Waals surface area contributed by atoms with Crippen LogP contribution in [0, 0.1) is 0 Å². The Morgan fingerprint density at radius 2 is 1.22 bits per heavy atom. The van der Waals surface area contributed by atoms with Crippen molar-refractivity contribution in [2.45, 2.75) is 31.6 Å². The van der Waals surface area contributed by atoms with Gasteiger partial charge in [0, 0.05) is 28.3 Å². The molecule has 1 unspecified atom stereocenters. The Bertz CT molecular complexity index is 3180. The van der Waals surface area contributed by atoms with Gasteiger partial charge in [-0.2, -0.15) is 0 Å². The van der Waals surface area contributed by atoms with Crippen LogP contribution in [0.4, 0.5) is 11.4 Å². The van der Waals surface area contributed by atoms with Crippen molar-refractivity contribution in [3.8, 4) is 44.0 Å². The molecule has 59 heavy (non-hydrogen) atoms. The third kappa shape index (κ3) is 5.49. The summed E-state index contributed by atoms with van der Waals surface area (Å²) in [6.45, 7) is 4.68. The summed E-state index contributed by atoms with van der Waals surface area (Å²) in [5.74, 6) is 0.286. The number of nitrogens with zero attached hydrogens (tertiary/aromatic N) is 2. The van der Waals surface area contributed by atoms with Gasteiger partial charge in [-0.3, -0.25) is 0 Å². The van der Waals surface area contributed by atoms with Gasteiger partial charge in [-0.15, -0.1) is 11.3 Å². The molecule has 8 aromatic carbocycles. The van der Waals surface area contributed by atoms with Crippen molar-refractivity contribution in [3.63, 3.8) is 0 Å². The lowest BCUT2D eigenvalue weighted by molar-refractivity contribution is 0.660. The zero-order valence-electron chi connectivity index (χ0n) is 33.0. The van der Waals surface area contributed by atoms with Crippen LogP contribution in [0.1, 0.15) is 48.4 Å². The molecule has 1 aliphatic heterocycles. The average molecular weight is 773 g/mol. The van der Waals surface area contributed by atoms with Gasteiger partial charge in [-0.1, -0.05) is 159 Å². The Balaban J connectivity index is 0.894. The van der Waals surface area contributed by atoms with Crippen LogP contribution in [0.15, 0.2) is 194 Å². The van der Waals surface area contributed by atoms with E-state index < -0.39 is 0 Å². The molecule has 0 saturated heterocycles. The maximum absolute atomic E-state index is 4.91. The quantitative estimate of drug-likeness (QED) is 0.173. The van der Waals surface area contributed by atoms with Gasteiger partial charge in [0.1, 0.15) is 5.01 Å². The van der Waals surface area contributed by atoms with Crippen LogP contribution in [0.5, 0.6) is 0 Å². The Kier molecular flexibility index (Phi) is 7.61. The predicted octanol–water partition coefficient (Wildman–Crippen LogP) is 15.4. The molecule has 0 fully saturated rings. The van der Waals surface area contributed by atoms with Crippen LogP contribution in [0.3, 0.4) is 0 Å². The number of allylic oxidation sites excluding steroid dienone is 4. The number of aromatic nitrogens is 1. The van der Waals surface area contributed by atoms with E-state index in [9.17, 15) is 0 Å². The van der Waals surface area contributed by atoms with E-state index >= 15 is 0 Å². The monoisotopic (exact) mass is 772 g/mol. The molecule has 0 amide bonds. The summed E-state index contributed by atoms with van der Waals surface area (Å²) in [7, 11) is 0. The molecular formula is C56H40N2S. The van der Waals surface area contributed by atoms with Gasteiger partial charge in [0.05, 0.1) is 15.9 Å². The van der Waals surface area contributed by atoms with Gasteiger partial charge in [0.25, 0.3) is 0 Å². The summed E-state index contributed by atoms with van der Waals surface area (Å²) in [4.78, 5) is 7.44. The molecule has 1 aromatic heterocycles. The van der Waals surface area contributed by atoms with E-state index in [0.29, 0.717) is 0 Å². The highest BCUT2D eigenvalue weighted by Crippen LogP contribution is 2.54. The Hall–Kier alpha value is -6.81. The molecule has 2 nitrogen and oxygen atoms in total. The number of anilines is 2. The van der Waals surface area contributed by atoms with Gasteiger partial charge < -0.3 is 4.90 Å². The Morgan fingerprint density at radius 1 is 0.559 bits per heavy atom. The summed E-state index contributed by atoms with van der Waals surface area (Å²) in [6, 6.07) is 65.1. The lowest BCUT2D eigenvalue weighted by atomic mass is 9.82. The maximum Gasteiger partial charge on any atom is 0.124 e. The van der Waals surface area contributed by atoms with Crippen LogP contribution >= 0.6 is 11.3 Å². The van der Waals surface area contributed by atoms with Gasteiger partial charge in [0.2, 0.25) is 0 Å². The standard InChI is InChI=1S/C56H40N2S/c1-56(2)49-12-6-5-11-45(49)48-32-41(26-30-50(48)56)36-15-17-37(18-16-36)42-24-28-46-47-29-25-43(38-19-21-39(22-20-38)55-57-51-13-7-8-14-54(51)59-55)34-53(47)58(52(46)33-42)44-27-23-35-9-3-4-10-40(35)31-44/h3-28,30-34,47H,29H2,1-2H3. The fourth-order valence-corrected chi connectivity index (χ4v) is 10.9. The van der Waals surface area contributed by atoms with Gasteiger partial charge in [0.15, 0.2) is 0 Å². The zero-order valence-corrected chi connectivity index (χ0v) is 33.8. The van der Waals surface area contributed by atoms with Gasteiger partial charge in [-0.25, -0.2) is 4.98 Å². The van der Waals surface area contributed by atoms with E-state index in [1.165, 1.54) is 93.8 Å². The van der Waals surface area contributed by atoms with Crippen LogP contribution < -0.4 is 4.90 Å². The molecule has 0 bridgehead atoms. The molecule has 0 N–H and O–H groups in total. The highest BCUT2D eigenvalue weighted by atomic mass is 32.1. The molecule has 0 radical (unpaired) electrons. The average Bonchev–Trinajstić information content (AvgIpc) is 3.94.